The summed E-state index contributed by atoms with van der Waals surface area (Å²) >= 11 is 0. The van der Waals surface area contributed by atoms with Crippen molar-refractivity contribution in [2.75, 3.05) is 19.6 Å². The number of nitrogens with zero attached hydrogens (tertiary/aromatic N) is 1. The predicted octanol–water partition coefficient (Wildman–Crippen LogP) is 2.13. The number of nitrogens with two attached hydrogens (primary N) is 1. The van der Waals surface area contributed by atoms with Crippen molar-refractivity contribution in [3.05, 3.63) is 35.4 Å². The highest BCUT2D eigenvalue weighted by molar-refractivity contribution is 5.78. The minimum Gasteiger partial charge on any atom is -0.352 e. The molecule has 0 spiro atoms. The van der Waals surface area contributed by atoms with E-state index in [2.05, 4.69) is 42.3 Å². The second-order valence-electron chi connectivity index (χ2n) is 5.43. The minimum atomic E-state index is -0.0232. The number of hydrogen-bond donors (Lipinski definition) is 2. The third-order valence-electron chi connectivity index (χ3n) is 3.91. The lowest BCUT2D eigenvalue weighted by Crippen LogP contribution is -2.30. The first-order chi connectivity index (χ1) is 10.1. The molecule has 21 heavy (non-hydrogen) atoms. The van der Waals surface area contributed by atoms with Gasteiger partial charge in [0.15, 0.2) is 0 Å². The van der Waals surface area contributed by atoms with Crippen LogP contribution in [-0.2, 0) is 17.9 Å². The van der Waals surface area contributed by atoms with Crippen molar-refractivity contribution in [2.24, 2.45) is 11.7 Å². The summed E-state index contributed by atoms with van der Waals surface area (Å²) in [7, 11) is 0. The Bertz CT molecular complexity index is 430. The van der Waals surface area contributed by atoms with Crippen molar-refractivity contribution in [1.82, 2.24) is 10.2 Å². The molecule has 0 aliphatic heterocycles. The third kappa shape index (κ3) is 5.86. The van der Waals surface area contributed by atoms with Crippen LogP contribution in [0.3, 0.4) is 0 Å². The van der Waals surface area contributed by atoms with E-state index < -0.39 is 0 Å². The van der Waals surface area contributed by atoms with E-state index in [1.165, 1.54) is 11.1 Å². The van der Waals surface area contributed by atoms with Crippen molar-refractivity contribution < 1.29 is 4.79 Å². The fourth-order valence-electron chi connectivity index (χ4n) is 2.31. The first-order valence-electron chi connectivity index (χ1n) is 7.89. The van der Waals surface area contributed by atoms with Crippen molar-refractivity contribution >= 4 is 5.91 Å². The maximum Gasteiger partial charge on any atom is 0.223 e. The van der Waals surface area contributed by atoms with Crippen LogP contribution in [0.4, 0.5) is 0 Å². The standard InChI is InChI=1S/C17H29N3O/c1-4-20(5-2)13-16-9-7-6-8-15(16)12-19-17(21)14(3)10-11-18/h6-9,14H,4-5,10-13,18H2,1-3H3,(H,19,21). The largest absolute Gasteiger partial charge is 0.352 e. The lowest BCUT2D eigenvalue weighted by Gasteiger charge is -2.20. The molecule has 3 N–H and O–H groups in total. The topological polar surface area (TPSA) is 58.4 Å². The Kier molecular flexibility index (Phi) is 8.01. The van der Waals surface area contributed by atoms with E-state index in [1.807, 2.05) is 13.0 Å². The lowest BCUT2D eigenvalue weighted by molar-refractivity contribution is -0.124. The number of amides is 1. The Morgan fingerprint density at radius 3 is 2.43 bits per heavy atom. The molecule has 1 amide bonds. The van der Waals surface area contributed by atoms with Gasteiger partial charge < -0.3 is 11.1 Å². The third-order valence-corrected chi connectivity index (χ3v) is 3.91. The van der Waals surface area contributed by atoms with E-state index in [0.29, 0.717) is 13.1 Å². The number of carbonyl (C=O) groups is 1. The van der Waals surface area contributed by atoms with Crippen LogP contribution in [0.15, 0.2) is 24.3 Å². The molecule has 0 aliphatic carbocycles. The van der Waals surface area contributed by atoms with Gasteiger partial charge >= 0.3 is 0 Å². The molecule has 0 bridgehead atoms. The van der Waals surface area contributed by atoms with Gasteiger partial charge in [0, 0.05) is 19.0 Å². The van der Waals surface area contributed by atoms with E-state index in [4.69, 9.17) is 5.73 Å². The summed E-state index contributed by atoms with van der Waals surface area (Å²) in [5.41, 5.74) is 7.98. The van der Waals surface area contributed by atoms with Crippen LogP contribution in [-0.4, -0.2) is 30.4 Å². The Hall–Kier alpha value is -1.39. The van der Waals surface area contributed by atoms with Gasteiger partial charge in [-0.25, -0.2) is 0 Å². The molecular formula is C17H29N3O. The minimum absolute atomic E-state index is 0.0232. The van der Waals surface area contributed by atoms with Gasteiger partial charge in [-0.1, -0.05) is 45.0 Å². The van der Waals surface area contributed by atoms with Gasteiger partial charge in [-0.2, -0.15) is 0 Å². The molecule has 0 heterocycles. The SMILES string of the molecule is CCN(CC)Cc1ccccc1CNC(=O)C(C)CCN. The van der Waals surface area contributed by atoms with Crippen molar-refractivity contribution in [2.45, 2.75) is 40.3 Å². The van der Waals surface area contributed by atoms with Crippen LogP contribution in [0.1, 0.15) is 38.3 Å². The zero-order valence-electron chi connectivity index (χ0n) is 13.6. The molecule has 1 unspecified atom stereocenters. The normalized spacial score (nSPS) is 12.4. The number of benzene rings is 1. The van der Waals surface area contributed by atoms with Crippen LogP contribution in [0, 0.1) is 5.92 Å². The molecule has 0 saturated carbocycles. The molecule has 1 atom stereocenters. The van der Waals surface area contributed by atoms with Gasteiger partial charge in [-0.15, -0.1) is 0 Å². The van der Waals surface area contributed by atoms with Gasteiger partial charge in [0.1, 0.15) is 0 Å². The highest BCUT2D eigenvalue weighted by Gasteiger charge is 2.12. The van der Waals surface area contributed by atoms with Gasteiger partial charge in [0.25, 0.3) is 0 Å². The fourth-order valence-corrected chi connectivity index (χ4v) is 2.31. The zero-order valence-corrected chi connectivity index (χ0v) is 13.6. The summed E-state index contributed by atoms with van der Waals surface area (Å²) in [4.78, 5) is 14.3. The molecule has 4 heteroatoms. The number of carbonyl (C=O) groups excluding carboxylic acids is 1. The van der Waals surface area contributed by atoms with Gasteiger partial charge in [-0.3, -0.25) is 9.69 Å². The summed E-state index contributed by atoms with van der Waals surface area (Å²) in [5, 5.41) is 3.02. The Morgan fingerprint density at radius 1 is 1.24 bits per heavy atom. The van der Waals surface area contributed by atoms with Crippen LogP contribution in [0.5, 0.6) is 0 Å². The Morgan fingerprint density at radius 2 is 1.86 bits per heavy atom. The highest BCUT2D eigenvalue weighted by Crippen LogP contribution is 2.12. The fraction of sp³-hybridized carbons (Fsp3) is 0.588. The summed E-state index contributed by atoms with van der Waals surface area (Å²) in [5.74, 6) is 0.0584. The van der Waals surface area contributed by atoms with Crippen LogP contribution in [0.25, 0.3) is 0 Å². The van der Waals surface area contributed by atoms with E-state index in [1.54, 1.807) is 0 Å². The quantitative estimate of drug-likeness (QED) is 0.733. The number of rotatable bonds is 9. The van der Waals surface area contributed by atoms with Crippen molar-refractivity contribution in [3.8, 4) is 0 Å². The summed E-state index contributed by atoms with van der Waals surface area (Å²) in [6.07, 6.45) is 0.729. The average Bonchev–Trinajstić information content (AvgIpc) is 2.51. The van der Waals surface area contributed by atoms with Crippen LogP contribution >= 0.6 is 0 Å². The molecule has 118 valence electrons. The molecule has 1 aromatic rings. The predicted molar refractivity (Wildman–Crippen MR) is 87.7 cm³/mol. The summed E-state index contributed by atoms with van der Waals surface area (Å²) in [6, 6.07) is 8.31. The Labute approximate surface area is 128 Å². The van der Waals surface area contributed by atoms with Gasteiger partial charge in [0.2, 0.25) is 5.91 Å². The number of nitrogens with one attached hydrogen (secondary N) is 1. The molecule has 1 aromatic carbocycles. The second-order valence-corrected chi connectivity index (χ2v) is 5.43. The molecule has 0 saturated heterocycles. The summed E-state index contributed by atoms with van der Waals surface area (Å²) < 4.78 is 0. The monoisotopic (exact) mass is 291 g/mol. The lowest BCUT2D eigenvalue weighted by atomic mass is 10.1. The van der Waals surface area contributed by atoms with Gasteiger partial charge in [0.05, 0.1) is 0 Å². The van der Waals surface area contributed by atoms with Crippen molar-refractivity contribution in [1.29, 1.82) is 0 Å². The molecule has 1 rings (SSSR count). The highest BCUT2D eigenvalue weighted by atomic mass is 16.1. The zero-order chi connectivity index (χ0) is 15.7. The first kappa shape index (κ1) is 17.7. The molecule has 4 nitrogen and oxygen atoms in total. The molecule has 0 aromatic heterocycles. The van der Waals surface area contributed by atoms with E-state index >= 15 is 0 Å². The number of hydrogen-bond acceptors (Lipinski definition) is 3. The molecular weight excluding hydrogens is 262 g/mol. The first-order valence-corrected chi connectivity index (χ1v) is 7.89. The maximum atomic E-state index is 12.0. The average molecular weight is 291 g/mol. The van der Waals surface area contributed by atoms with E-state index in [0.717, 1.165) is 26.1 Å². The Balaban J connectivity index is 2.64. The van der Waals surface area contributed by atoms with Crippen molar-refractivity contribution in [3.63, 3.8) is 0 Å². The van der Waals surface area contributed by atoms with Crippen LogP contribution in [0.2, 0.25) is 0 Å². The smallest absolute Gasteiger partial charge is 0.223 e. The summed E-state index contributed by atoms with van der Waals surface area (Å²) in [6.45, 7) is 10.4. The second kappa shape index (κ2) is 9.53. The van der Waals surface area contributed by atoms with Crippen LogP contribution < -0.4 is 11.1 Å². The van der Waals surface area contributed by atoms with Gasteiger partial charge in [-0.05, 0) is 37.2 Å². The molecule has 0 fully saturated rings. The van der Waals surface area contributed by atoms with E-state index in [-0.39, 0.29) is 11.8 Å². The molecule has 0 aliphatic rings. The van der Waals surface area contributed by atoms with E-state index in [9.17, 15) is 4.79 Å². The molecule has 0 radical (unpaired) electrons. The maximum absolute atomic E-state index is 12.0.